The Morgan fingerprint density at radius 1 is 1.07 bits per heavy atom. The predicted molar refractivity (Wildman–Crippen MR) is 102 cm³/mol. The van der Waals surface area contributed by atoms with Crippen LogP contribution in [0.15, 0.2) is 47.4 Å². The van der Waals surface area contributed by atoms with Crippen molar-refractivity contribution in [1.29, 1.82) is 0 Å². The maximum Gasteiger partial charge on any atom is 0.244 e. The number of methoxy groups -OCH3 is 2. The van der Waals surface area contributed by atoms with Crippen molar-refractivity contribution in [2.75, 3.05) is 14.2 Å². The van der Waals surface area contributed by atoms with E-state index in [1.54, 1.807) is 28.9 Å². The number of hydrogen-bond donors (Lipinski definition) is 1. The molecule has 0 radical (unpaired) electrons. The Labute approximate surface area is 163 Å². The molecule has 1 N–H and O–H groups in total. The number of para-hydroxylation sites is 1. The van der Waals surface area contributed by atoms with E-state index in [1.165, 1.54) is 20.3 Å². The summed E-state index contributed by atoms with van der Waals surface area (Å²) in [4.78, 5) is 0.00745. The lowest BCUT2D eigenvalue weighted by Gasteiger charge is -2.13. The van der Waals surface area contributed by atoms with Gasteiger partial charge < -0.3 is 9.47 Å². The van der Waals surface area contributed by atoms with E-state index >= 15 is 0 Å². The summed E-state index contributed by atoms with van der Waals surface area (Å²) in [7, 11) is -0.907. The summed E-state index contributed by atoms with van der Waals surface area (Å²) >= 11 is 0. The molecule has 0 aliphatic carbocycles. The average Bonchev–Trinajstić information content (AvgIpc) is 3.21. The van der Waals surface area contributed by atoms with Crippen molar-refractivity contribution in [1.82, 2.24) is 24.9 Å². The molecule has 28 heavy (non-hydrogen) atoms. The molecule has 0 unspecified atom stereocenters. The van der Waals surface area contributed by atoms with Gasteiger partial charge in [0.15, 0.2) is 5.82 Å². The third-order valence-corrected chi connectivity index (χ3v) is 5.61. The molecular weight excluding hydrogens is 382 g/mol. The van der Waals surface area contributed by atoms with E-state index in [-0.39, 0.29) is 17.2 Å². The molecule has 3 rings (SSSR count). The SMILES string of the molecule is CCn1nnnc1-c1ccc(OC)c(S(=O)(=O)NCc2ccccc2OC)c1. The van der Waals surface area contributed by atoms with Crippen molar-refractivity contribution in [3.63, 3.8) is 0 Å². The quantitative estimate of drug-likeness (QED) is 0.611. The summed E-state index contributed by atoms with van der Waals surface area (Å²) in [6.07, 6.45) is 0. The summed E-state index contributed by atoms with van der Waals surface area (Å²) in [6.45, 7) is 2.53. The summed E-state index contributed by atoms with van der Waals surface area (Å²) in [5.74, 6) is 1.31. The molecule has 3 aromatic rings. The third kappa shape index (κ3) is 3.97. The maximum atomic E-state index is 13.0. The van der Waals surface area contributed by atoms with E-state index in [4.69, 9.17) is 9.47 Å². The lowest BCUT2D eigenvalue weighted by Crippen LogP contribution is -2.24. The maximum absolute atomic E-state index is 13.0. The summed E-state index contributed by atoms with van der Waals surface area (Å²) in [5, 5.41) is 11.5. The van der Waals surface area contributed by atoms with E-state index in [0.717, 1.165) is 5.56 Å². The second-order valence-electron chi connectivity index (χ2n) is 5.82. The number of tetrazole rings is 1. The van der Waals surface area contributed by atoms with Crippen molar-refractivity contribution < 1.29 is 17.9 Å². The molecule has 10 heteroatoms. The zero-order valence-electron chi connectivity index (χ0n) is 15.8. The number of ether oxygens (including phenoxy) is 2. The molecule has 0 aliphatic heterocycles. The lowest BCUT2D eigenvalue weighted by molar-refractivity contribution is 0.402. The van der Waals surface area contributed by atoms with E-state index in [9.17, 15) is 8.42 Å². The first-order valence-electron chi connectivity index (χ1n) is 8.56. The van der Waals surface area contributed by atoms with Crippen LogP contribution in [-0.4, -0.2) is 42.8 Å². The highest BCUT2D eigenvalue weighted by atomic mass is 32.2. The molecule has 0 saturated heterocycles. The van der Waals surface area contributed by atoms with E-state index < -0.39 is 10.0 Å². The van der Waals surface area contributed by atoms with Gasteiger partial charge in [-0.2, -0.15) is 0 Å². The van der Waals surface area contributed by atoms with Crippen LogP contribution >= 0.6 is 0 Å². The second-order valence-corrected chi connectivity index (χ2v) is 7.56. The number of rotatable bonds is 8. The molecule has 0 saturated carbocycles. The molecule has 0 amide bonds. The van der Waals surface area contributed by atoms with Crippen LogP contribution in [0.2, 0.25) is 0 Å². The van der Waals surface area contributed by atoms with Crippen LogP contribution in [0.5, 0.6) is 11.5 Å². The largest absolute Gasteiger partial charge is 0.496 e. The molecule has 148 valence electrons. The van der Waals surface area contributed by atoms with Gasteiger partial charge in [0.25, 0.3) is 0 Å². The molecule has 0 spiro atoms. The number of nitrogens with zero attached hydrogens (tertiary/aromatic N) is 4. The third-order valence-electron chi connectivity index (χ3n) is 4.19. The fourth-order valence-electron chi connectivity index (χ4n) is 2.75. The molecule has 0 bridgehead atoms. The van der Waals surface area contributed by atoms with Crippen LogP contribution in [-0.2, 0) is 23.1 Å². The molecule has 2 aromatic carbocycles. The van der Waals surface area contributed by atoms with Crippen molar-refractivity contribution in [3.8, 4) is 22.9 Å². The van der Waals surface area contributed by atoms with Gasteiger partial charge in [0, 0.05) is 24.2 Å². The summed E-state index contributed by atoms with van der Waals surface area (Å²) in [5.41, 5.74) is 1.30. The topological polar surface area (TPSA) is 108 Å². The molecule has 0 atom stereocenters. The molecule has 1 heterocycles. The smallest absolute Gasteiger partial charge is 0.244 e. The minimum atomic E-state index is -3.87. The fraction of sp³-hybridized carbons (Fsp3) is 0.278. The molecule has 1 aromatic heterocycles. The highest BCUT2D eigenvalue weighted by Gasteiger charge is 2.22. The van der Waals surface area contributed by atoms with E-state index in [1.807, 2.05) is 19.1 Å². The Kier molecular flexibility index (Phi) is 5.90. The first-order chi connectivity index (χ1) is 13.5. The monoisotopic (exact) mass is 403 g/mol. The standard InChI is InChI=1S/C18H21N5O4S/c1-4-23-18(20-21-22-23)13-9-10-16(27-3)17(11-13)28(24,25)19-12-14-7-5-6-8-15(14)26-2/h5-11,19H,4,12H2,1-3H3. The van der Waals surface area contributed by atoms with Gasteiger partial charge in [0.2, 0.25) is 10.0 Å². The molecule has 0 fully saturated rings. The van der Waals surface area contributed by atoms with E-state index in [0.29, 0.717) is 23.7 Å². The van der Waals surface area contributed by atoms with Crippen molar-refractivity contribution in [2.24, 2.45) is 0 Å². The van der Waals surface area contributed by atoms with Crippen LogP contribution in [0.4, 0.5) is 0 Å². The minimum absolute atomic E-state index is 0.00745. The van der Waals surface area contributed by atoms with Gasteiger partial charge in [-0.1, -0.05) is 18.2 Å². The van der Waals surface area contributed by atoms with Gasteiger partial charge in [0.05, 0.1) is 14.2 Å². The zero-order chi connectivity index (χ0) is 20.1. The predicted octanol–water partition coefficient (Wildman–Crippen LogP) is 1.86. The Hall–Kier alpha value is -2.98. The Balaban J connectivity index is 1.95. The van der Waals surface area contributed by atoms with Gasteiger partial charge >= 0.3 is 0 Å². The van der Waals surface area contributed by atoms with E-state index in [2.05, 4.69) is 20.2 Å². The zero-order valence-corrected chi connectivity index (χ0v) is 16.6. The average molecular weight is 403 g/mol. The van der Waals surface area contributed by atoms with Crippen molar-refractivity contribution >= 4 is 10.0 Å². The summed E-state index contributed by atoms with van der Waals surface area (Å²) < 4.78 is 40.6. The van der Waals surface area contributed by atoms with Crippen LogP contribution in [0.1, 0.15) is 12.5 Å². The highest BCUT2D eigenvalue weighted by Crippen LogP contribution is 2.29. The van der Waals surface area contributed by atoms with Gasteiger partial charge in [0.1, 0.15) is 16.4 Å². The number of sulfonamides is 1. The van der Waals surface area contributed by atoms with Gasteiger partial charge in [-0.3, -0.25) is 0 Å². The minimum Gasteiger partial charge on any atom is -0.496 e. The first kappa shape index (κ1) is 19.8. The molecule has 0 aliphatic rings. The molecular formula is C18H21N5O4S. The van der Waals surface area contributed by atoms with Gasteiger partial charge in [-0.15, -0.1) is 5.10 Å². The Bertz CT molecular complexity index is 1070. The van der Waals surface area contributed by atoms with Crippen LogP contribution in [0, 0.1) is 0 Å². The number of benzene rings is 2. The Morgan fingerprint density at radius 2 is 1.82 bits per heavy atom. The summed E-state index contributed by atoms with van der Waals surface area (Å²) in [6, 6.07) is 12.0. The number of hydrogen-bond acceptors (Lipinski definition) is 7. The first-order valence-corrected chi connectivity index (χ1v) is 10.0. The number of nitrogens with one attached hydrogen (secondary N) is 1. The lowest BCUT2D eigenvalue weighted by atomic mass is 10.2. The fourth-order valence-corrected chi connectivity index (χ4v) is 3.95. The van der Waals surface area contributed by atoms with Crippen LogP contribution in [0.3, 0.4) is 0 Å². The number of aromatic nitrogens is 4. The highest BCUT2D eigenvalue weighted by molar-refractivity contribution is 7.89. The van der Waals surface area contributed by atoms with Crippen LogP contribution in [0.25, 0.3) is 11.4 Å². The molecule has 9 nitrogen and oxygen atoms in total. The normalized spacial score (nSPS) is 11.4. The van der Waals surface area contributed by atoms with Gasteiger partial charge in [-0.25, -0.2) is 17.8 Å². The Morgan fingerprint density at radius 3 is 2.54 bits per heavy atom. The van der Waals surface area contributed by atoms with Crippen molar-refractivity contribution in [3.05, 3.63) is 48.0 Å². The van der Waals surface area contributed by atoms with Crippen molar-refractivity contribution in [2.45, 2.75) is 24.9 Å². The van der Waals surface area contributed by atoms with Crippen LogP contribution < -0.4 is 14.2 Å². The van der Waals surface area contributed by atoms with Gasteiger partial charge in [-0.05, 0) is 41.6 Å². The number of aryl methyl sites for hydroxylation is 1. The second kappa shape index (κ2) is 8.36.